The molecule has 0 bridgehead atoms. The predicted octanol–water partition coefficient (Wildman–Crippen LogP) is 2.32. The second-order valence-corrected chi connectivity index (χ2v) is 10.9. The van der Waals surface area contributed by atoms with Crippen LogP contribution in [0.4, 0.5) is 0 Å². The van der Waals surface area contributed by atoms with Gasteiger partial charge in [0.25, 0.3) is 0 Å². The molecule has 0 amide bonds. The van der Waals surface area contributed by atoms with E-state index in [1.807, 2.05) is 26.8 Å². The van der Waals surface area contributed by atoms with Crippen LogP contribution in [-0.4, -0.2) is 37.8 Å². The minimum atomic E-state index is -1.49. The van der Waals surface area contributed by atoms with Gasteiger partial charge >= 0.3 is 0 Å². The van der Waals surface area contributed by atoms with Crippen molar-refractivity contribution in [1.82, 2.24) is 0 Å². The van der Waals surface area contributed by atoms with Gasteiger partial charge in [-0.15, -0.1) is 0 Å². The molecule has 1 N–H and O–H groups in total. The lowest BCUT2D eigenvalue weighted by Crippen LogP contribution is -2.40. The van der Waals surface area contributed by atoms with Gasteiger partial charge < -0.3 is 14.6 Å². The van der Waals surface area contributed by atoms with Gasteiger partial charge in [-0.1, -0.05) is 30.9 Å². The molecule has 0 aromatic heterocycles. The van der Waals surface area contributed by atoms with Crippen molar-refractivity contribution >= 4 is 8.07 Å². The lowest BCUT2D eigenvalue weighted by molar-refractivity contribution is -0.147. The number of aliphatic hydroxyl groups is 1. The number of aliphatic hydroxyl groups excluding tert-OH is 1. The number of ether oxygens (including phenoxy) is 2. The standard InChI is InChI=1S/C12H24O3Si/c1-7-10(16(4,5)6)11(13)9-8-14-12(2,3)15-9/h7,9,11,13H,8H2,1-6H3/b10-7+/t9-,11+/m1/s1. The average Bonchev–Trinajstić information content (AvgIpc) is 2.44. The van der Waals surface area contributed by atoms with Crippen LogP contribution in [0.2, 0.25) is 19.6 Å². The fourth-order valence-corrected chi connectivity index (χ4v) is 4.06. The molecule has 1 fully saturated rings. The smallest absolute Gasteiger partial charge is 0.163 e. The van der Waals surface area contributed by atoms with E-state index in [1.54, 1.807) is 0 Å². The lowest BCUT2D eigenvalue weighted by atomic mass is 10.2. The van der Waals surface area contributed by atoms with E-state index in [0.717, 1.165) is 5.20 Å². The summed E-state index contributed by atoms with van der Waals surface area (Å²) in [6, 6.07) is 0. The maximum atomic E-state index is 10.3. The highest BCUT2D eigenvalue weighted by Gasteiger charge is 2.40. The van der Waals surface area contributed by atoms with E-state index < -0.39 is 20.0 Å². The molecule has 0 unspecified atom stereocenters. The van der Waals surface area contributed by atoms with Crippen molar-refractivity contribution in [2.45, 2.75) is 58.4 Å². The maximum Gasteiger partial charge on any atom is 0.163 e. The molecule has 0 spiro atoms. The summed E-state index contributed by atoms with van der Waals surface area (Å²) >= 11 is 0. The molecular formula is C12H24O3Si. The fraction of sp³-hybridized carbons (Fsp3) is 0.833. The maximum absolute atomic E-state index is 10.3. The van der Waals surface area contributed by atoms with Gasteiger partial charge in [0.2, 0.25) is 0 Å². The molecule has 1 saturated heterocycles. The largest absolute Gasteiger partial charge is 0.386 e. The summed E-state index contributed by atoms with van der Waals surface area (Å²) in [5, 5.41) is 11.5. The van der Waals surface area contributed by atoms with Crippen LogP contribution in [0.15, 0.2) is 11.3 Å². The van der Waals surface area contributed by atoms with Crippen LogP contribution in [0.25, 0.3) is 0 Å². The summed E-state index contributed by atoms with van der Waals surface area (Å²) in [5.74, 6) is -0.566. The highest BCUT2D eigenvalue weighted by molar-refractivity contribution is 6.83. The van der Waals surface area contributed by atoms with Gasteiger partial charge in [-0.05, 0) is 20.8 Å². The number of allylic oxidation sites excluding steroid dienone is 1. The molecule has 1 aliphatic rings. The van der Waals surface area contributed by atoms with Crippen molar-refractivity contribution in [2.24, 2.45) is 0 Å². The SMILES string of the molecule is C/C=C(\[C@@H](O)[C@H]1COC(C)(C)O1)[Si](C)(C)C. The quantitative estimate of drug-likeness (QED) is 0.774. The van der Waals surface area contributed by atoms with E-state index in [4.69, 9.17) is 9.47 Å². The normalized spacial score (nSPS) is 28.2. The molecule has 1 aliphatic heterocycles. The Morgan fingerprint density at radius 1 is 1.44 bits per heavy atom. The molecule has 0 saturated carbocycles. The average molecular weight is 244 g/mol. The fourth-order valence-electron chi connectivity index (χ4n) is 2.12. The molecule has 0 aromatic carbocycles. The second-order valence-electron chi connectivity index (χ2n) is 5.81. The van der Waals surface area contributed by atoms with E-state index in [-0.39, 0.29) is 6.10 Å². The molecule has 1 rings (SSSR count). The summed E-state index contributed by atoms with van der Waals surface area (Å²) in [7, 11) is -1.49. The molecule has 0 aliphatic carbocycles. The number of rotatable bonds is 3. The zero-order chi connectivity index (χ0) is 12.6. The Labute approximate surface area is 99.5 Å². The molecule has 0 aromatic rings. The predicted molar refractivity (Wildman–Crippen MR) is 68.0 cm³/mol. The van der Waals surface area contributed by atoms with Crippen molar-refractivity contribution in [3.63, 3.8) is 0 Å². The third-order valence-corrected chi connectivity index (χ3v) is 5.19. The van der Waals surface area contributed by atoms with Crippen LogP contribution < -0.4 is 0 Å². The highest BCUT2D eigenvalue weighted by Crippen LogP contribution is 2.29. The van der Waals surface area contributed by atoms with Crippen molar-refractivity contribution in [3.05, 3.63) is 11.3 Å². The van der Waals surface area contributed by atoms with Gasteiger partial charge in [0.15, 0.2) is 5.79 Å². The van der Waals surface area contributed by atoms with E-state index in [9.17, 15) is 5.11 Å². The van der Waals surface area contributed by atoms with Crippen molar-refractivity contribution in [2.75, 3.05) is 6.61 Å². The topological polar surface area (TPSA) is 38.7 Å². The minimum Gasteiger partial charge on any atom is -0.386 e. The third-order valence-electron chi connectivity index (χ3n) is 2.88. The second kappa shape index (κ2) is 4.60. The number of hydrogen-bond donors (Lipinski definition) is 1. The Balaban J connectivity index is 2.75. The first-order chi connectivity index (χ1) is 7.17. The Hall–Kier alpha value is -0.163. The monoisotopic (exact) mass is 244 g/mol. The minimum absolute atomic E-state index is 0.229. The molecule has 2 atom stereocenters. The van der Waals surface area contributed by atoms with Gasteiger partial charge in [-0.3, -0.25) is 0 Å². The summed E-state index contributed by atoms with van der Waals surface area (Å²) < 4.78 is 11.2. The molecule has 3 nitrogen and oxygen atoms in total. The molecular weight excluding hydrogens is 220 g/mol. The summed E-state index contributed by atoms with van der Waals surface area (Å²) in [6.07, 6.45) is 1.28. The van der Waals surface area contributed by atoms with Crippen molar-refractivity contribution < 1.29 is 14.6 Å². The van der Waals surface area contributed by atoms with E-state index in [1.165, 1.54) is 0 Å². The zero-order valence-corrected chi connectivity index (χ0v) is 12.2. The van der Waals surface area contributed by atoms with Gasteiger partial charge in [0.1, 0.15) is 12.2 Å². The van der Waals surface area contributed by atoms with Crippen LogP contribution in [0.1, 0.15) is 20.8 Å². The van der Waals surface area contributed by atoms with Crippen LogP contribution in [0.3, 0.4) is 0 Å². The van der Waals surface area contributed by atoms with Gasteiger partial charge in [0.05, 0.1) is 14.7 Å². The molecule has 94 valence electrons. The first-order valence-electron chi connectivity index (χ1n) is 5.84. The van der Waals surface area contributed by atoms with Crippen molar-refractivity contribution in [3.8, 4) is 0 Å². The van der Waals surface area contributed by atoms with E-state index >= 15 is 0 Å². The van der Waals surface area contributed by atoms with Gasteiger partial charge in [-0.25, -0.2) is 0 Å². The van der Waals surface area contributed by atoms with Crippen molar-refractivity contribution in [1.29, 1.82) is 0 Å². The van der Waals surface area contributed by atoms with E-state index in [0.29, 0.717) is 6.61 Å². The molecule has 1 heterocycles. The van der Waals surface area contributed by atoms with Gasteiger partial charge in [0, 0.05) is 0 Å². The number of hydrogen-bond acceptors (Lipinski definition) is 3. The summed E-state index contributed by atoms with van der Waals surface area (Å²) in [5.41, 5.74) is 0. The Morgan fingerprint density at radius 2 is 2.00 bits per heavy atom. The van der Waals surface area contributed by atoms with Gasteiger partial charge in [-0.2, -0.15) is 0 Å². The Morgan fingerprint density at radius 3 is 2.31 bits per heavy atom. The van der Waals surface area contributed by atoms with E-state index in [2.05, 4.69) is 19.6 Å². The lowest BCUT2D eigenvalue weighted by Gasteiger charge is -2.29. The van der Waals surface area contributed by atoms with Crippen LogP contribution >= 0.6 is 0 Å². The van der Waals surface area contributed by atoms with Crippen LogP contribution in [-0.2, 0) is 9.47 Å². The first kappa shape index (κ1) is 13.9. The highest BCUT2D eigenvalue weighted by atomic mass is 28.3. The molecule has 0 radical (unpaired) electrons. The molecule has 4 heteroatoms. The third kappa shape index (κ3) is 3.17. The molecule has 16 heavy (non-hydrogen) atoms. The summed E-state index contributed by atoms with van der Waals surface area (Å²) in [6.45, 7) is 12.9. The van der Waals surface area contributed by atoms with Crippen LogP contribution in [0, 0.1) is 0 Å². The Bertz CT molecular complexity index is 278. The Kier molecular flexibility index (Phi) is 4.00. The zero-order valence-electron chi connectivity index (χ0n) is 11.2. The summed E-state index contributed by atoms with van der Waals surface area (Å²) in [4.78, 5) is 0. The van der Waals surface area contributed by atoms with Crippen LogP contribution in [0.5, 0.6) is 0 Å². The first-order valence-corrected chi connectivity index (χ1v) is 9.34.